The molecule has 3 aromatic rings. The molecular weight excluding hydrogens is 340 g/mol. The lowest BCUT2D eigenvalue weighted by Crippen LogP contribution is -2.20. The Hall–Kier alpha value is -2.87. The van der Waals surface area contributed by atoms with Crippen LogP contribution in [0.4, 0.5) is 5.69 Å². The summed E-state index contributed by atoms with van der Waals surface area (Å²) in [6.07, 6.45) is 1.60. The summed E-state index contributed by atoms with van der Waals surface area (Å²) in [5.74, 6) is 0.473. The Kier molecular flexibility index (Phi) is 5.30. The lowest BCUT2D eigenvalue weighted by Gasteiger charge is -2.10. The number of pyridine rings is 1. The predicted octanol–water partition coefficient (Wildman–Crippen LogP) is 2.22. The van der Waals surface area contributed by atoms with Crippen molar-refractivity contribution in [3.8, 4) is 5.75 Å². The molecule has 0 unspecified atom stereocenters. The molecule has 0 spiro atoms. The van der Waals surface area contributed by atoms with E-state index in [-0.39, 0.29) is 16.8 Å². The van der Waals surface area contributed by atoms with Gasteiger partial charge >= 0.3 is 5.69 Å². The van der Waals surface area contributed by atoms with Crippen LogP contribution in [0.5, 0.6) is 5.75 Å². The maximum atomic E-state index is 12.2. The molecule has 0 saturated carbocycles. The van der Waals surface area contributed by atoms with Crippen molar-refractivity contribution in [3.05, 3.63) is 59.1 Å². The topological polar surface area (TPSA) is 85.6 Å². The molecule has 1 N–H and O–H groups in total. The Labute approximate surface area is 148 Å². The molecule has 2 heterocycles. The summed E-state index contributed by atoms with van der Waals surface area (Å²) in [4.78, 5) is 32.3. The molecule has 8 heteroatoms. The summed E-state index contributed by atoms with van der Waals surface area (Å²) in [6, 6.07) is 12.4. The zero-order chi connectivity index (χ0) is 17.6. The molecule has 0 radical (unpaired) electrons. The second kappa shape index (κ2) is 7.80. The summed E-state index contributed by atoms with van der Waals surface area (Å²) < 4.78 is 6.82. The number of para-hydroxylation sites is 2. The van der Waals surface area contributed by atoms with Crippen LogP contribution in [0.1, 0.15) is 6.92 Å². The van der Waals surface area contributed by atoms with Gasteiger partial charge in [-0.3, -0.25) is 9.20 Å². The number of carbonyl (C=O) groups is 1. The normalized spacial score (nSPS) is 10.6. The van der Waals surface area contributed by atoms with E-state index < -0.39 is 5.69 Å². The number of ether oxygens (including phenoxy) is 1. The summed E-state index contributed by atoms with van der Waals surface area (Å²) in [7, 11) is 0. The monoisotopic (exact) mass is 356 g/mol. The van der Waals surface area contributed by atoms with Crippen LogP contribution < -0.4 is 15.7 Å². The molecule has 0 aliphatic heterocycles. The highest BCUT2D eigenvalue weighted by Gasteiger charge is 2.10. The molecular formula is C17H16N4O3S. The van der Waals surface area contributed by atoms with E-state index in [1.165, 1.54) is 4.40 Å². The first-order valence-corrected chi connectivity index (χ1v) is 8.66. The molecule has 25 heavy (non-hydrogen) atoms. The average molecular weight is 356 g/mol. The highest BCUT2D eigenvalue weighted by Crippen LogP contribution is 2.24. The van der Waals surface area contributed by atoms with Crippen LogP contribution >= 0.6 is 11.8 Å². The van der Waals surface area contributed by atoms with Gasteiger partial charge in [-0.15, -0.1) is 0 Å². The summed E-state index contributed by atoms with van der Waals surface area (Å²) in [5, 5.41) is 3.06. The molecule has 1 aromatic carbocycles. The van der Waals surface area contributed by atoms with Crippen molar-refractivity contribution in [1.82, 2.24) is 14.4 Å². The number of aromatic nitrogens is 3. The molecule has 2 aromatic heterocycles. The molecule has 3 rings (SSSR count). The van der Waals surface area contributed by atoms with E-state index in [0.717, 1.165) is 11.8 Å². The third kappa shape index (κ3) is 4.16. The van der Waals surface area contributed by atoms with Crippen LogP contribution in [0.3, 0.4) is 0 Å². The third-order valence-corrected chi connectivity index (χ3v) is 4.09. The SMILES string of the molecule is CCOc1ccccc1NC(=O)CSc1nc(=O)n2ccccc2n1. The minimum atomic E-state index is -0.421. The molecule has 1 amide bonds. The second-order valence-corrected chi connectivity index (χ2v) is 5.93. The molecule has 0 aliphatic carbocycles. The number of hydrogen-bond donors (Lipinski definition) is 1. The predicted molar refractivity (Wildman–Crippen MR) is 96.2 cm³/mol. The Balaban J connectivity index is 1.68. The quantitative estimate of drug-likeness (QED) is 0.682. The van der Waals surface area contributed by atoms with Gasteiger partial charge in [0.25, 0.3) is 0 Å². The zero-order valence-electron chi connectivity index (χ0n) is 13.5. The van der Waals surface area contributed by atoms with E-state index in [0.29, 0.717) is 23.7 Å². The van der Waals surface area contributed by atoms with Crippen LogP contribution in [0.25, 0.3) is 5.65 Å². The lowest BCUT2D eigenvalue weighted by atomic mass is 10.3. The van der Waals surface area contributed by atoms with Crippen molar-refractivity contribution in [1.29, 1.82) is 0 Å². The second-order valence-electron chi connectivity index (χ2n) is 4.98. The average Bonchev–Trinajstić information content (AvgIpc) is 2.62. The molecule has 0 atom stereocenters. The van der Waals surface area contributed by atoms with E-state index in [4.69, 9.17) is 4.74 Å². The van der Waals surface area contributed by atoms with Gasteiger partial charge < -0.3 is 10.1 Å². The van der Waals surface area contributed by atoms with Crippen molar-refractivity contribution in [2.45, 2.75) is 12.1 Å². The standard InChI is InChI=1S/C17H16N4O3S/c1-2-24-13-8-4-3-7-12(13)18-15(22)11-25-16-19-14-9-5-6-10-21(14)17(23)20-16/h3-10H,2,11H2,1H3,(H,18,22). The molecule has 128 valence electrons. The largest absolute Gasteiger partial charge is 0.492 e. The van der Waals surface area contributed by atoms with Gasteiger partial charge in [-0.2, -0.15) is 4.98 Å². The van der Waals surface area contributed by atoms with E-state index in [9.17, 15) is 9.59 Å². The summed E-state index contributed by atoms with van der Waals surface area (Å²) >= 11 is 1.11. The fraction of sp³-hybridized carbons (Fsp3) is 0.176. The number of benzene rings is 1. The zero-order valence-corrected chi connectivity index (χ0v) is 14.3. The Bertz CT molecular complexity index is 958. The molecule has 0 bridgehead atoms. The maximum absolute atomic E-state index is 12.2. The van der Waals surface area contributed by atoms with Gasteiger partial charge in [0.2, 0.25) is 5.91 Å². The maximum Gasteiger partial charge on any atom is 0.355 e. The number of nitrogens with one attached hydrogen (secondary N) is 1. The Morgan fingerprint density at radius 3 is 2.84 bits per heavy atom. The van der Waals surface area contributed by atoms with Crippen LogP contribution in [-0.4, -0.2) is 32.6 Å². The van der Waals surface area contributed by atoms with Gasteiger partial charge in [0.1, 0.15) is 11.4 Å². The smallest absolute Gasteiger partial charge is 0.355 e. The first kappa shape index (κ1) is 17.0. The van der Waals surface area contributed by atoms with Gasteiger partial charge in [0.15, 0.2) is 5.16 Å². The van der Waals surface area contributed by atoms with Crippen molar-refractivity contribution < 1.29 is 9.53 Å². The number of thioether (sulfide) groups is 1. The Morgan fingerprint density at radius 1 is 1.20 bits per heavy atom. The minimum Gasteiger partial charge on any atom is -0.492 e. The lowest BCUT2D eigenvalue weighted by molar-refractivity contribution is -0.113. The van der Waals surface area contributed by atoms with E-state index in [2.05, 4.69) is 15.3 Å². The van der Waals surface area contributed by atoms with Crippen molar-refractivity contribution in [2.24, 2.45) is 0 Å². The minimum absolute atomic E-state index is 0.0862. The number of carbonyl (C=O) groups excluding carboxylic acids is 1. The fourth-order valence-electron chi connectivity index (χ4n) is 2.18. The van der Waals surface area contributed by atoms with Crippen LogP contribution in [0, 0.1) is 0 Å². The number of amides is 1. The highest BCUT2D eigenvalue weighted by molar-refractivity contribution is 7.99. The van der Waals surface area contributed by atoms with Gasteiger partial charge in [-0.25, -0.2) is 9.78 Å². The van der Waals surface area contributed by atoms with Gasteiger partial charge in [0.05, 0.1) is 18.0 Å². The molecule has 0 saturated heterocycles. The number of fused-ring (bicyclic) bond motifs is 1. The molecule has 7 nitrogen and oxygen atoms in total. The molecule has 0 fully saturated rings. The third-order valence-electron chi connectivity index (χ3n) is 3.24. The van der Waals surface area contributed by atoms with Gasteiger partial charge in [-0.1, -0.05) is 30.0 Å². The van der Waals surface area contributed by atoms with E-state index >= 15 is 0 Å². The first-order chi connectivity index (χ1) is 12.2. The van der Waals surface area contributed by atoms with Gasteiger partial charge in [-0.05, 0) is 31.2 Å². The van der Waals surface area contributed by atoms with Crippen LogP contribution in [0.2, 0.25) is 0 Å². The number of anilines is 1. The Morgan fingerprint density at radius 2 is 2.00 bits per heavy atom. The fourth-order valence-corrected chi connectivity index (χ4v) is 2.81. The van der Waals surface area contributed by atoms with Crippen molar-refractivity contribution in [2.75, 3.05) is 17.7 Å². The van der Waals surface area contributed by atoms with Crippen LogP contribution in [0.15, 0.2) is 58.6 Å². The van der Waals surface area contributed by atoms with Crippen molar-refractivity contribution in [3.63, 3.8) is 0 Å². The molecule has 0 aliphatic rings. The summed E-state index contributed by atoms with van der Waals surface area (Å²) in [6.45, 7) is 2.39. The number of nitrogens with zero attached hydrogens (tertiary/aromatic N) is 3. The van der Waals surface area contributed by atoms with Crippen molar-refractivity contribution >= 4 is 29.0 Å². The summed E-state index contributed by atoms with van der Waals surface area (Å²) in [5.41, 5.74) is 0.678. The van der Waals surface area contributed by atoms with Crippen LogP contribution in [-0.2, 0) is 4.79 Å². The van der Waals surface area contributed by atoms with Gasteiger partial charge in [0, 0.05) is 6.20 Å². The first-order valence-electron chi connectivity index (χ1n) is 7.67. The number of rotatable bonds is 6. The van der Waals surface area contributed by atoms with E-state index in [1.807, 2.05) is 19.1 Å². The number of hydrogen-bond acceptors (Lipinski definition) is 6. The highest BCUT2D eigenvalue weighted by atomic mass is 32.2. The van der Waals surface area contributed by atoms with E-state index in [1.54, 1.807) is 36.5 Å².